The summed E-state index contributed by atoms with van der Waals surface area (Å²) >= 11 is 0. The van der Waals surface area contributed by atoms with Crippen molar-refractivity contribution in [2.75, 3.05) is 13.7 Å². The summed E-state index contributed by atoms with van der Waals surface area (Å²) in [6.07, 6.45) is 1.25. The first-order chi connectivity index (χ1) is 10.6. The van der Waals surface area contributed by atoms with E-state index in [4.69, 9.17) is 4.42 Å². The molecule has 0 radical (unpaired) electrons. The molecular weight excluding hydrogens is 278 g/mol. The largest absolute Gasteiger partial charge is 0.456 e. The molecule has 2 rings (SSSR count). The molecule has 1 N–H and O–H groups in total. The van der Waals surface area contributed by atoms with Gasteiger partial charge in [0.15, 0.2) is 5.76 Å². The Morgan fingerprint density at radius 3 is 2.55 bits per heavy atom. The smallest absolute Gasteiger partial charge is 0.290 e. The van der Waals surface area contributed by atoms with Crippen molar-refractivity contribution >= 4 is 5.91 Å². The summed E-state index contributed by atoms with van der Waals surface area (Å²) in [7, 11) is 1.75. The number of hydrogen-bond donors (Lipinski definition) is 1. The van der Waals surface area contributed by atoms with E-state index >= 15 is 0 Å². The van der Waals surface area contributed by atoms with Crippen LogP contribution >= 0.6 is 0 Å². The molecule has 22 heavy (non-hydrogen) atoms. The second-order valence-corrected chi connectivity index (χ2v) is 5.43. The van der Waals surface area contributed by atoms with Gasteiger partial charge in [-0.05, 0) is 25.0 Å². The monoisotopic (exact) mass is 301 g/mol. The lowest BCUT2D eigenvalue weighted by Crippen LogP contribution is -2.32. The van der Waals surface area contributed by atoms with Gasteiger partial charge in [-0.3, -0.25) is 4.79 Å². The third-order valence-electron chi connectivity index (χ3n) is 3.89. The topological polar surface area (TPSA) is 53.7 Å². The molecule has 0 fully saturated rings. The predicted molar refractivity (Wildman–Crippen MR) is 85.8 cm³/mol. The van der Waals surface area contributed by atoms with Crippen molar-refractivity contribution in [3.8, 4) is 0 Å². The number of nitrogens with zero attached hydrogens (tertiary/aromatic N) is 1. The Kier molecular flexibility index (Phi) is 5.39. The van der Waals surface area contributed by atoms with Crippen LogP contribution < -0.4 is 0 Å². The highest BCUT2D eigenvalue weighted by Gasteiger charge is 2.26. The first-order valence-electron chi connectivity index (χ1n) is 7.60. The minimum atomic E-state index is -0.173. The lowest BCUT2D eigenvalue weighted by atomic mass is 10.0. The van der Waals surface area contributed by atoms with Crippen molar-refractivity contribution in [3.05, 3.63) is 59.0 Å². The van der Waals surface area contributed by atoms with E-state index in [1.54, 1.807) is 11.9 Å². The highest BCUT2D eigenvalue weighted by molar-refractivity contribution is 5.93. The molecule has 0 spiro atoms. The second-order valence-electron chi connectivity index (χ2n) is 5.43. The van der Waals surface area contributed by atoms with Crippen LogP contribution in [0.25, 0.3) is 0 Å². The molecule has 1 amide bonds. The number of hydrogen-bond acceptors (Lipinski definition) is 3. The Hall–Kier alpha value is -2.07. The minimum absolute atomic E-state index is 0.0223. The van der Waals surface area contributed by atoms with Gasteiger partial charge in [0, 0.05) is 25.6 Å². The summed E-state index contributed by atoms with van der Waals surface area (Å²) in [5.74, 6) is 1.05. The van der Waals surface area contributed by atoms with E-state index in [0.29, 0.717) is 12.2 Å². The first kappa shape index (κ1) is 16.3. The van der Waals surface area contributed by atoms with Crippen LogP contribution in [0.3, 0.4) is 0 Å². The predicted octanol–water partition coefficient (Wildman–Crippen LogP) is 3.35. The molecule has 0 bridgehead atoms. The average Bonchev–Trinajstić information content (AvgIpc) is 2.93. The number of rotatable bonds is 6. The molecule has 1 heterocycles. The van der Waals surface area contributed by atoms with E-state index in [0.717, 1.165) is 23.3 Å². The number of carbonyl (C=O) groups is 1. The molecule has 1 aromatic carbocycles. The van der Waals surface area contributed by atoms with Crippen LogP contribution in [0.1, 0.15) is 46.8 Å². The molecule has 1 unspecified atom stereocenters. The third-order valence-corrected chi connectivity index (χ3v) is 3.89. The summed E-state index contributed by atoms with van der Waals surface area (Å²) < 4.78 is 5.66. The van der Waals surface area contributed by atoms with Crippen molar-refractivity contribution in [1.29, 1.82) is 0 Å². The maximum absolute atomic E-state index is 12.7. The van der Waals surface area contributed by atoms with Crippen molar-refractivity contribution in [1.82, 2.24) is 4.90 Å². The number of aliphatic hydroxyl groups excluding tert-OH is 1. The zero-order valence-electron chi connectivity index (χ0n) is 13.4. The van der Waals surface area contributed by atoms with Crippen LogP contribution in [0.5, 0.6) is 0 Å². The van der Waals surface area contributed by atoms with E-state index in [1.165, 1.54) is 0 Å². The first-order valence-corrected chi connectivity index (χ1v) is 7.60. The van der Waals surface area contributed by atoms with Crippen LogP contribution in [-0.2, 0) is 6.42 Å². The van der Waals surface area contributed by atoms with Gasteiger partial charge in [0.25, 0.3) is 5.91 Å². The Morgan fingerprint density at radius 2 is 2.00 bits per heavy atom. The highest BCUT2D eigenvalue weighted by atomic mass is 16.4. The molecule has 4 nitrogen and oxygen atoms in total. The quantitative estimate of drug-likeness (QED) is 0.890. The number of amides is 1. The maximum atomic E-state index is 12.7. The van der Waals surface area contributed by atoms with Crippen LogP contribution in [-0.4, -0.2) is 29.6 Å². The van der Waals surface area contributed by atoms with Gasteiger partial charge < -0.3 is 14.4 Å². The van der Waals surface area contributed by atoms with Gasteiger partial charge in [0.2, 0.25) is 0 Å². The SMILES string of the molecule is CCc1cc(C)c(C(=O)N(C)C(CCO)c2ccccc2)o1. The summed E-state index contributed by atoms with van der Waals surface area (Å²) in [6.45, 7) is 3.90. The lowest BCUT2D eigenvalue weighted by molar-refractivity contribution is 0.0670. The summed E-state index contributed by atoms with van der Waals surface area (Å²) in [5, 5.41) is 9.33. The molecule has 118 valence electrons. The Balaban J connectivity index is 2.28. The minimum Gasteiger partial charge on any atom is -0.456 e. The van der Waals surface area contributed by atoms with Gasteiger partial charge in [-0.2, -0.15) is 0 Å². The average molecular weight is 301 g/mol. The van der Waals surface area contributed by atoms with Crippen molar-refractivity contribution in [2.45, 2.75) is 32.7 Å². The number of benzene rings is 1. The maximum Gasteiger partial charge on any atom is 0.290 e. The molecule has 1 aromatic heterocycles. The third kappa shape index (κ3) is 3.39. The van der Waals surface area contributed by atoms with Gasteiger partial charge in [0.05, 0.1) is 6.04 Å². The van der Waals surface area contributed by atoms with Crippen LogP contribution in [0.2, 0.25) is 0 Å². The normalized spacial score (nSPS) is 12.2. The highest BCUT2D eigenvalue weighted by Crippen LogP contribution is 2.26. The van der Waals surface area contributed by atoms with E-state index in [1.807, 2.05) is 50.2 Å². The second kappa shape index (κ2) is 7.27. The van der Waals surface area contributed by atoms with Gasteiger partial charge in [-0.25, -0.2) is 0 Å². The summed E-state index contributed by atoms with van der Waals surface area (Å²) in [4.78, 5) is 14.4. The van der Waals surface area contributed by atoms with E-state index in [2.05, 4.69) is 0 Å². The molecule has 0 aliphatic rings. The van der Waals surface area contributed by atoms with Gasteiger partial charge in [0.1, 0.15) is 5.76 Å². The van der Waals surface area contributed by atoms with Gasteiger partial charge in [-0.15, -0.1) is 0 Å². The van der Waals surface area contributed by atoms with E-state index in [9.17, 15) is 9.90 Å². The Morgan fingerprint density at radius 1 is 1.32 bits per heavy atom. The van der Waals surface area contributed by atoms with E-state index < -0.39 is 0 Å². The molecule has 0 saturated heterocycles. The van der Waals surface area contributed by atoms with Crippen molar-refractivity contribution in [2.24, 2.45) is 0 Å². The molecule has 0 saturated carbocycles. The zero-order valence-corrected chi connectivity index (χ0v) is 13.4. The van der Waals surface area contributed by atoms with Gasteiger partial charge in [-0.1, -0.05) is 37.3 Å². The number of furan rings is 1. The molecule has 2 aromatic rings. The Labute approximate surface area is 131 Å². The van der Waals surface area contributed by atoms with Crippen LogP contribution in [0.4, 0.5) is 0 Å². The van der Waals surface area contributed by atoms with E-state index in [-0.39, 0.29) is 18.6 Å². The lowest BCUT2D eigenvalue weighted by Gasteiger charge is -2.27. The van der Waals surface area contributed by atoms with Gasteiger partial charge >= 0.3 is 0 Å². The number of carbonyl (C=O) groups excluding carboxylic acids is 1. The zero-order chi connectivity index (χ0) is 16.1. The molecular formula is C18H23NO3. The molecule has 0 aliphatic heterocycles. The van der Waals surface area contributed by atoms with Crippen LogP contribution in [0.15, 0.2) is 40.8 Å². The molecule has 4 heteroatoms. The number of aliphatic hydroxyl groups is 1. The van der Waals surface area contributed by atoms with Crippen molar-refractivity contribution in [3.63, 3.8) is 0 Å². The fraction of sp³-hybridized carbons (Fsp3) is 0.389. The molecule has 0 aliphatic carbocycles. The number of aryl methyl sites for hydroxylation is 2. The molecule has 1 atom stereocenters. The summed E-state index contributed by atoms with van der Waals surface area (Å²) in [5.41, 5.74) is 1.86. The standard InChI is InChI=1S/C18H23NO3/c1-4-15-12-13(2)17(22-15)18(21)19(3)16(10-11-20)14-8-6-5-7-9-14/h5-9,12,16,20H,4,10-11H2,1-3H3. The fourth-order valence-corrected chi connectivity index (χ4v) is 2.62. The van der Waals surface area contributed by atoms with Crippen LogP contribution in [0, 0.1) is 6.92 Å². The van der Waals surface area contributed by atoms with Crippen molar-refractivity contribution < 1.29 is 14.3 Å². The summed E-state index contributed by atoms with van der Waals surface area (Å²) in [6, 6.07) is 11.5. The Bertz CT molecular complexity index is 619. The fourth-order valence-electron chi connectivity index (χ4n) is 2.62.